The van der Waals surface area contributed by atoms with E-state index in [4.69, 9.17) is 10.5 Å². The van der Waals surface area contributed by atoms with Gasteiger partial charge in [-0.2, -0.15) is 11.8 Å². The molecule has 1 rings (SSSR count). The summed E-state index contributed by atoms with van der Waals surface area (Å²) < 4.78 is 5.08. The molecule has 8 heteroatoms. The van der Waals surface area contributed by atoms with Crippen LogP contribution in [-0.2, 0) is 14.3 Å². The van der Waals surface area contributed by atoms with E-state index in [-0.39, 0.29) is 12.5 Å². The normalized spacial score (nSPS) is 16.8. The van der Waals surface area contributed by atoms with Gasteiger partial charge < -0.3 is 20.7 Å². The van der Waals surface area contributed by atoms with Gasteiger partial charge in [0.2, 0.25) is 0 Å². The monoisotopic (exact) mass is 345 g/mol. The number of nitrogens with one attached hydrogen (secondary N) is 1. The van der Waals surface area contributed by atoms with Crippen LogP contribution in [0.5, 0.6) is 0 Å². The summed E-state index contributed by atoms with van der Waals surface area (Å²) in [4.78, 5) is 36.9. The number of amides is 3. The number of hydrogen-bond donors (Lipinski definition) is 2. The van der Waals surface area contributed by atoms with E-state index in [2.05, 4.69) is 5.32 Å². The van der Waals surface area contributed by atoms with Crippen LogP contribution in [-0.4, -0.2) is 60.6 Å². The fourth-order valence-corrected chi connectivity index (χ4v) is 2.95. The zero-order chi connectivity index (χ0) is 17.1. The van der Waals surface area contributed by atoms with Gasteiger partial charge in [0.15, 0.2) is 6.61 Å². The third-order valence-electron chi connectivity index (χ3n) is 3.76. The number of urea groups is 1. The highest BCUT2D eigenvalue weighted by molar-refractivity contribution is 7.98. The number of rotatable bonds is 7. The van der Waals surface area contributed by atoms with Crippen molar-refractivity contribution < 1.29 is 19.1 Å². The van der Waals surface area contributed by atoms with Gasteiger partial charge in [-0.1, -0.05) is 19.3 Å². The predicted octanol–water partition coefficient (Wildman–Crippen LogP) is 1.11. The number of esters is 1. The molecule has 3 N–H and O–H groups in total. The van der Waals surface area contributed by atoms with E-state index in [1.807, 2.05) is 6.26 Å². The number of thioether (sulfide) groups is 1. The van der Waals surface area contributed by atoms with Crippen molar-refractivity contribution in [3.8, 4) is 0 Å². The zero-order valence-electron chi connectivity index (χ0n) is 13.7. The number of nitrogens with two attached hydrogens (primary N) is 1. The fraction of sp³-hybridized carbons (Fsp3) is 0.800. The summed E-state index contributed by atoms with van der Waals surface area (Å²) in [6, 6.07) is -1.58. The molecule has 0 spiro atoms. The molecule has 0 aromatic heterocycles. The molecule has 3 amide bonds. The number of carbonyl (C=O) groups is 3. The zero-order valence-corrected chi connectivity index (χ0v) is 14.5. The molecule has 7 nitrogen and oxygen atoms in total. The summed E-state index contributed by atoms with van der Waals surface area (Å²) in [5.74, 6) is -0.110. The lowest BCUT2D eigenvalue weighted by Gasteiger charge is -2.25. The first kappa shape index (κ1) is 19.6. The standard InChI is InChI=1S/C15H27N3O4S/c1-23-10-7-12(17-15(16)21)14(20)22-11-13(19)18-8-5-3-2-4-6-9-18/h12H,2-11H2,1H3,(H3,16,17,21)/t12-/m0/s1. The first-order chi connectivity index (χ1) is 11.0. The number of likely N-dealkylation sites (tertiary alicyclic amines) is 1. The van der Waals surface area contributed by atoms with Crippen molar-refractivity contribution in [1.82, 2.24) is 10.2 Å². The third-order valence-corrected chi connectivity index (χ3v) is 4.40. The Morgan fingerprint density at radius 2 is 1.78 bits per heavy atom. The van der Waals surface area contributed by atoms with Gasteiger partial charge in [-0.15, -0.1) is 0 Å². The van der Waals surface area contributed by atoms with E-state index in [0.29, 0.717) is 25.3 Å². The second-order valence-electron chi connectivity index (χ2n) is 5.60. The Labute approximate surface area is 141 Å². The van der Waals surface area contributed by atoms with Crippen LogP contribution < -0.4 is 11.1 Å². The third kappa shape index (κ3) is 8.11. The summed E-state index contributed by atoms with van der Waals surface area (Å²) in [6.07, 6.45) is 7.76. The summed E-state index contributed by atoms with van der Waals surface area (Å²) in [6.45, 7) is 1.15. The van der Waals surface area contributed by atoms with Crippen LogP contribution in [0.15, 0.2) is 0 Å². The molecule has 1 heterocycles. The van der Waals surface area contributed by atoms with Crippen molar-refractivity contribution >= 4 is 29.7 Å². The molecule has 1 atom stereocenters. The Balaban J connectivity index is 2.43. The average molecular weight is 345 g/mol. The van der Waals surface area contributed by atoms with Gasteiger partial charge in [0.05, 0.1) is 0 Å². The second-order valence-corrected chi connectivity index (χ2v) is 6.58. The molecule has 132 valence electrons. The first-order valence-electron chi connectivity index (χ1n) is 8.04. The van der Waals surface area contributed by atoms with E-state index >= 15 is 0 Å². The Morgan fingerprint density at radius 3 is 2.35 bits per heavy atom. The minimum Gasteiger partial charge on any atom is -0.454 e. The van der Waals surface area contributed by atoms with Gasteiger partial charge in [0.25, 0.3) is 5.91 Å². The van der Waals surface area contributed by atoms with Gasteiger partial charge in [0.1, 0.15) is 6.04 Å². The Hall–Kier alpha value is -1.44. The highest BCUT2D eigenvalue weighted by Crippen LogP contribution is 2.11. The van der Waals surface area contributed by atoms with Crippen LogP contribution >= 0.6 is 11.8 Å². The van der Waals surface area contributed by atoms with E-state index in [0.717, 1.165) is 25.7 Å². The smallest absolute Gasteiger partial charge is 0.329 e. The molecule has 1 aliphatic rings. The van der Waals surface area contributed by atoms with Crippen LogP contribution in [0.3, 0.4) is 0 Å². The van der Waals surface area contributed by atoms with Crippen LogP contribution in [0, 0.1) is 0 Å². The van der Waals surface area contributed by atoms with E-state index in [9.17, 15) is 14.4 Å². The molecule has 23 heavy (non-hydrogen) atoms. The summed E-state index contributed by atoms with van der Waals surface area (Å²) in [5, 5.41) is 2.36. The lowest BCUT2D eigenvalue weighted by molar-refractivity contribution is -0.153. The molecule has 0 saturated carbocycles. The number of carbonyl (C=O) groups excluding carboxylic acids is 3. The van der Waals surface area contributed by atoms with Gasteiger partial charge in [-0.25, -0.2) is 9.59 Å². The lowest BCUT2D eigenvalue weighted by Crippen LogP contribution is -2.46. The van der Waals surface area contributed by atoms with Gasteiger partial charge >= 0.3 is 12.0 Å². The van der Waals surface area contributed by atoms with E-state index < -0.39 is 18.0 Å². The van der Waals surface area contributed by atoms with Crippen molar-refractivity contribution in [2.24, 2.45) is 5.73 Å². The molecular formula is C15H27N3O4S. The topological polar surface area (TPSA) is 102 Å². The van der Waals surface area contributed by atoms with Gasteiger partial charge in [-0.05, 0) is 31.3 Å². The van der Waals surface area contributed by atoms with E-state index in [1.165, 1.54) is 6.42 Å². The number of hydrogen-bond acceptors (Lipinski definition) is 5. The maximum absolute atomic E-state index is 12.2. The lowest BCUT2D eigenvalue weighted by atomic mass is 10.1. The molecule has 0 aromatic carbocycles. The van der Waals surface area contributed by atoms with Crippen LogP contribution in [0.25, 0.3) is 0 Å². The molecule has 0 aliphatic carbocycles. The summed E-state index contributed by atoms with van der Waals surface area (Å²) in [5.41, 5.74) is 5.07. The minimum atomic E-state index is -0.805. The van der Waals surface area contributed by atoms with Crippen LogP contribution in [0.1, 0.15) is 38.5 Å². The Kier molecular flexibility index (Phi) is 9.51. The van der Waals surface area contributed by atoms with Crippen molar-refractivity contribution in [2.45, 2.75) is 44.6 Å². The molecule has 0 unspecified atom stereocenters. The first-order valence-corrected chi connectivity index (χ1v) is 9.43. The Morgan fingerprint density at radius 1 is 1.17 bits per heavy atom. The van der Waals surface area contributed by atoms with Gasteiger partial charge in [-0.3, -0.25) is 4.79 Å². The Bertz CT molecular complexity index is 398. The number of nitrogens with zero attached hydrogens (tertiary/aromatic N) is 1. The van der Waals surface area contributed by atoms with Gasteiger partial charge in [0, 0.05) is 13.1 Å². The molecule has 1 aliphatic heterocycles. The average Bonchev–Trinajstić information content (AvgIpc) is 2.48. The highest BCUT2D eigenvalue weighted by atomic mass is 32.2. The fourth-order valence-electron chi connectivity index (χ4n) is 2.48. The predicted molar refractivity (Wildman–Crippen MR) is 90.1 cm³/mol. The quantitative estimate of drug-likeness (QED) is 0.673. The molecule has 0 radical (unpaired) electrons. The van der Waals surface area contributed by atoms with E-state index in [1.54, 1.807) is 16.7 Å². The summed E-state index contributed by atoms with van der Waals surface area (Å²) in [7, 11) is 0. The van der Waals surface area contributed by atoms with Crippen LogP contribution in [0.4, 0.5) is 4.79 Å². The second kappa shape index (κ2) is 11.2. The van der Waals surface area contributed by atoms with Crippen molar-refractivity contribution in [1.29, 1.82) is 0 Å². The molecular weight excluding hydrogens is 318 g/mol. The highest BCUT2D eigenvalue weighted by Gasteiger charge is 2.23. The maximum Gasteiger partial charge on any atom is 0.329 e. The maximum atomic E-state index is 12.2. The molecule has 0 aromatic rings. The molecule has 0 bridgehead atoms. The largest absolute Gasteiger partial charge is 0.454 e. The molecule has 1 fully saturated rings. The van der Waals surface area contributed by atoms with Crippen molar-refractivity contribution in [3.05, 3.63) is 0 Å². The van der Waals surface area contributed by atoms with Crippen molar-refractivity contribution in [3.63, 3.8) is 0 Å². The van der Waals surface area contributed by atoms with Crippen molar-refractivity contribution in [2.75, 3.05) is 31.7 Å². The SMILES string of the molecule is CSCC[C@H](NC(N)=O)C(=O)OCC(=O)N1CCCCCCC1. The number of ether oxygens (including phenoxy) is 1. The molecule has 1 saturated heterocycles. The number of primary amides is 1. The minimum absolute atomic E-state index is 0.178. The van der Waals surface area contributed by atoms with Crippen LogP contribution in [0.2, 0.25) is 0 Å². The summed E-state index contributed by atoms with van der Waals surface area (Å²) >= 11 is 1.55.